The Balaban J connectivity index is 1.53. The first-order valence-electron chi connectivity index (χ1n) is 11.9. The van der Waals surface area contributed by atoms with Gasteiger partial charge >= 0.3 is 0 Å². The van der Waals surface area contributed by atoms with Crippen LogP contribution in [0.4, 0.5) is 5.69 Å². The molecule has 2 fully saturated rings. The van der Waals surface area contributed by atoms with Crippen LogP contribution in [0.2, 0.25) is 0 Å². The Labute approximate surface area is 209 Å². The number of carbonyl (C=O) groups is 3. The molecule has 3 amide bonds. The van der Waals surface area contributed by atoms with Gasteiger partial charge in [-0.15, -0.1) is 11.3 Å². The van der Waals surface area contributed by atoms with E-state index >= 15 is 0 Å². The monoisotopic (exact) mass is 497 g/mol. The van der Waals surface area contributed by atoms with Crippen molar-refractivity contribution in [2.45, 2.75) is 38.1 Å². The molecule has 0 saturated carbocycles. The first-order chi connectivity index (χ1) is 17.0. The Kier molecular flexibility index (Phi) is 8.36. The molecule has 0 spiro atoms. The van der Waals surface area contributed by atoms with E-state index in [1.165, 1.54) is 11.3 Å². The number of hydrogen-bond acceptors (Lipinski definition) is 6. The number of carbonyl (C=O) groups excluding carboxylic acids is 3. The summed E-state index contributed by atoms with van der Waals surface area (Å²) < 4.78 is 5.21. The van der Waals surface area contributed by atoms with Crippen LogP contribution in [0.25, 0.3) is 0 Å². The van der Waals surface area contributed by atoms with Gasteiger partial charge < -0.3 is 19.9 Å². The van der Waals surface area contributed by atoms with Crippen LogP contribution in [0.15, 0.2) is 46.8 Å². The fourth-order valence-corrected chi connectivity index (χ4v) is 4.85. The highest BCUT2D eigenvalue weighted by Crippen LogP contribution is 2.19. The fraction of sp³-hybridized carbons (Fsp3) is 0.440. The molecule has 1 atom stereocenters. The molecular weight excluding hydrogens is 466 g/mol. The predicted molar refractivity (Wildman–Crippen MR) is 136 cm³/mol. The summed E-state index contributed by atoms with van der Waals surface area (Å²) in [6.07, 6.45) is 4.20. The average molecular weight is 498 g/mol. The van der Waals surface area contributed by atoms with Gasteiger partial charge in [0, 0.05) is 25.3 Å². The second kappa shape index (κ2) is 11.8. The maximum Gasteiger partial charge on any atom is 0.268 e. The highest BCUT2D eigenvalue weighted by molar-refractivity contribution is 7.12. The lowest BCUT2D eigenvalue weighted by atomic mass is 10.1. The summed E-state index contributed by atoms with van der Waals surface area (Å²) in [4.78, 5) is 47.5. The van der Waals surface area contributed by atoms with Crippen molar-refractivity contribution >= 4 is 40.7 Å². The van der Waals surface area contributed by atoms with Crippen molar-refractivity contribution in [2.24, 2.45) is 4.99 Å². The zero-order chi connectivity index (χ0) is 24.6. The van der Waals surface area contributed by atoms with Crippen LogP contribution in [0, 0.1) is 0 Å². The fourth-order valence-electron chi connectivity index (χ4n) is 4.23. The normalized spacial score (nSPS) is 18.8. The highest BCUT2D eigenvalue weighted by Gasteiger charge is 2.30. The van der Waals surface area contributed by atoms with Crippen molar-refractivity contribution in [3.63, 3.8) is 0 Å². The number of nitrogens with zero attached hydrogens (tertiary/aromatic N) is 3. The lowest BCUT2D eigenvalue weighted by Crippen LogP contribution is -2.45. The summed E-state index contributed by atoms with van der Waals surface area (Å²) in [6, 6.07) is 10.1. The molecule has 0 bridgehead atoms. The molecular formula is C25H31N5O4S. The van der Waals surface area contributed by atoms with Crippen LogP contribution >= 0.6 is 11.3 Å². The first-order valence-corrected chi connectivity index (χ1v) is 12.8. The number of amides is 3. The molecule has 9 nitrogen and oxygen atoms in total. The van der Waals surface area contributed by atoms with E-state index < -0.39 is 6.04 Å². The Morgan fingerprint density at radius 2 is 1.83 bits per heavy atom. The molecule has 2 aromatic rings. The van der Waals surface area contributed by atoms with Gasteiger partial charge in [-0.3, -0.25) is 19.7 Å². The molecule has 186 valence electrons. The van der Waals surface area contributed by atoms with E-state index in [0.29, 0.717) is 29.3 Å². The predicted octanol–water partition coefficient (Wildman–Crippen LogP) is 2.96. The Hall–Kier alpha value is -3.40. The minimum atomic E-state index is -0.687. The minimum Gasteiger partial charge on any atom is -0.497 e. The van der Waals surface area contributed by atoms with Crippen molar-refractivity contribution in [3.8, 4) is 5.75 Å². The molecule has 2 aliphatic rings. The Bertz CT molecular complexity index is 1050. The molecule has 0 aliphatic carbocycles. The summed E-state index contributed by atoms with van der Waals surface area (Å²) in [7, 11) is 1.59. The zero-order valence-electron chi connectivity index (χ0n) is 19.9. The molecule has 4 rings (SSSR count). The number of nitrogens with one attached hydrogen (secondary N) is 2. The number of benzene rings is 1. The standard InChI is InChI=1S/C25H31N5O4S/c1-34-19-11-9-18(10-12-19)26-25(28-23(32)21-8-6-16-35-21)27-20-7-2-3-15-30(24(20)33)17-22(31)29-13-4-5-14-29/h6,8-12,16,20H,2-5,7,13-15,17H2,1H3,(H2,26,27,28,32)/t20-/m0/s1. The van der Waals surface area contributed by atoms with Crippen molar-refractivity contribution in [3.05, 3.63) is 46.7 Å². The number of methoxy groups -OCH3 is 1. The van der Waals surface area contributed by atoms with Gasteiger partial charge in [0.2, 0.25) is 17.8 Å². The van der Waals surface area contributed by atoms with E-state index in [2.05, 4.69) is 15.6 Å². The summed E-state index contributed by atoms with van der Waals surface area (Å²) in [6.45, 7) is 2.13. The number of hydrogen-bond donors (Lipinski definition) is 2. The van der Waals surface area contributed by atoms with Gasteiger partial charge in [-0.05, 0) is 67.8 Å². The third-order valence-electron chi connectivity index (χ3n) is 6.15. The quantitative estimate of drug-likeness (QED) is 0.472. The largest absolute Gasteiger partial charge is 0.497 e. The number of anilines is 1. The van der Waals surface area contributed by atoms with Crippen LogP contribution < -0.4 is 15.4 Å². The molecule has 0 radical (unpaired) electrons. The number of thiophene rings is 1. The molecule has 2 N–H and O–H groups in total. The number of likely N-dealkylation sites (tertiary alicyclic amines) is 2. The van der Waals surface area contributed by atoms with Crippen molar-refractivity contribution < 1.29 is 19.1 Å². The van der Waals surface area contributed by atoms with Crippen LogP contribution in [0.3, 0.4) is 0 Å². The van der Waals surface area contributed by atoms with E-state index in [4.69, 9.17) is 4.74 Å². The lowest BCUT2D eigenvalue weighted by Gasteiger charge is -2.25. The average Bonchev–Trinajstić information content (AvgIpc) is 3.57. The maximum absolute atomic E-state index is 13.4. The van der Waals surface area contributed by atoms with Gasteiger partial charge in [0.15, 0.2) is 0 Å². The molecule has 1 aromatic carbocycles. The highest BCUT2D eigenvalue weighted by atomic mass is 32.1. The molecule has 2 aliphatic heterocycles. The van der Waals surface area contributed by atoms with E-state index in [0.717, 1.165) is 38.8 Å². The van der Waals surface area contributed by atoms with Crippen LogP contribution in [0.1, 0.15) is 41.8 Å². The lowest BCUT2D eigenvalue weighted by molar-refractivity contribution is -0.140. The second-order valence-electron chi connectivity index (χ2n) is 8.62. The van der Waals surface area contributed by atoms with E-state index in [1.54, 1.807) is 36.3 Å². The van der Waals surface area contributed by atoms with Gasteiger partial charge in [0.05, 0.1) is 18.5 Å². The maximum atomic E-state index is 13.4. The van der Waals surface area contributed by atoms with Gasteiger partial charge in [-0.2, -0.15) is 0 Å². The van der Waals surface area contributed by atoms with Crippen LogP contribution in [0.5, 0.6) is 5.75 Å². The van der Waals surface area contributed by atoms with Crippen molar-refractivity contribution in [2.75, 3.05) is 38.6 Å². The summed E-state index contributed by atoms with van der Waals surface area (Å²) in [5, 5.41) is 7.78. The van der Waals surface area contributed by atoms with Gasteiger partial charge in [-0.25, -0.2) is 4.99 Å². The third kappa shape index (κ3) is 6.60. The molecule has 1 aromatic heterocycles. The first kappa shape index (κ1) is 24.7. The number of aliphatic imine (C=N–C) groups is 1. The van der Waals surface area contributed by atoms with Crippen LogP contribution in [-0.4, -0.2) is 72.8 Å². The zero-order valence-corrected chi connectivity index (χ0v) is 20.7. The molecule has 0 unspecified atom stereocenters. The third-order valence-corrected chi connectivity index (χ3v) is 7.02. The SMILES string of the molecule is COc1ccc(NC(=N[C@H]2CCCCN(CC(=O)N3CCCC3)C2=O)NC(=O)c2cccs2)cc1. The van der Waals surface area contributed by atoms with E-state index in [9.17, 15) is 14.4 Å². The van der Waals surface area contributed by atoms with Crippen molar-refractivity contribution in [1.29, 1.82) is 0 Å². The number of guanidine groups is 1. The number of rotatable bonds is 6. The Morgan fingerprint density at radius 3 is 2.51 bits per heavy atom. The molecule has 10 heteroatoms. The summed E-state index contributed by atoms with van der Waals surface area (Å²) >= 11 is 1.32. The second-order valence-corrected chi connectivity index (χ2v) is 9.57. The van der Waals surface area contributed by atoms with E-state index in [1.807, 2.05) is 22.4 Å². The number of ether oxygens (including phenoxy) is 1. The van der Waals surface area contributed by atoms with Crippen LogP contribution in [-0.2, 0) is 9.59 Å². The molecule has 3 heterocycles. The smallest absolute Gasteiger partial charge is 0.268 e. The Morgan fingerprint density at radius 1 is 1.09 bits per heavy atom. The summed E-state index contributed by atoms with van der Waals surface area (Å²) in [5.74, 6) is 0.396. The van der Waals surface area contributed by atoms with Gasteiger partial charge in [0.25, 0.3) is 5.91 Å². The molecule has 35 heavy (non-hydrogen) atoms. The molecule has 2 saturated heterocycles. The topological polar surface area (TPSA) is 103 Å². The van der Waals surface area contributed by atoms with E-state index in [-0.39, 0.29) is 30.2 Å². The van der Waals surface area contributed by atoms with Gasteiger partial charge in [0.1, 0.15) is 11.8 Å². The van der Waals surface area contributed by atoms with Crippen molar-refractivity contribution in [1.82, 2.24) is 15.1 Å². The summed E-state index contributed by atoms with van der Waals surface area (Å²) in [5.41, 5.74) is 0.693. The minimum absolute atomic E-state index is 0.0111. The van der Waals surface area contributed by atoms with Gasteiger partial charge in [-0.1, -0.05) is 6.07 Å².